The van der Waals surface area contributed by atoms with Crippen LogP contribution in [-0.2, 0) is 6.54 Å². The van der Waals surface area contributed by atoms with E-state index in [1.807, 2.05) is 6.26 Å². The van der Waals surface area contributed by atoms with E-state index in [2.05, 4.69) is 14.8 Å². The molecule has 0 aliphatic carbocycles. The molecule has 1 aromatic heterocycles. The van der Waals surface area contributed by atoms with Crippen molar-refractivity contribution in [2.45, 2.75) is 11.7 Å². The summed E-state index contributed by atoms with van der Waals surface area (Å²) in [5, 5.41) is 0.728. The van der Waals surface area contributed by atoms with Crippen molar-refractivity contribution in [1.82, 2.24) is 9.97 Å². The molecule has 0 N–H and O–H groups in total. The van der Waals surface area contributed by atoms with Gasteiger partial charge >= 0.3 is 0 Å². The Bertz CT molecular complexity index is 279. The van der Waals surface area contributed by atoms with E-state index in [0.717, 1.165) is 10.9 Å². The molecule has 1 aromatic rings. The summed E-state index contributed by atoms with van der Waals surface area (Å²) in [6, 6.07) is 1.76. The smallest absolute Gasteiger partial charge is 0.256 e. The van der Waals surface area contributed by atoms with E-state index < -0.39 is 0 Å². The second-order valence-corrected chi connectivity index (χ2v) is 2.62. The Labute approximate surface area is 69.7 Å². The molecule has 0 atom stereocenters. The van der Waals surface area contributed by atoms with Crippen molar-refractivity contribution in [3.63, 3.8) is 0 Å². The van der Waals surface area contributed by atoms with Gasteiger partial charge in [0.05, 0.1) is 0 Å². The topological polar surface area (TPSA) is 30.1 Å². The summed E-state index contributed by atoms with van der Waals surface area (Å²) in [7, 11) is 0. The van der Waals surface area contributed by atoms with Crippen molar-refractivity contribution in [3.05, 3.63) is 29.4 Å². The monoisotopic (exact) mass is 165 g/mol. The first-order chi connectivity index (χ1) is 5.36. The van der Waals surface area contributed by atoms with Crippen molar-refractivity contribution in [1.29, 1.82) is 0 Å². The van der Waals surface area contributed by atoms with Crippen LogP contribution in [0.4, 0.5) is 0 Å². The van der Waals surface area contributed by atoms with Gasteiger partial charge < -0.3 is 4.85 Å². The average molecular weight is 165 g/mol. The van der Waals surface area contributed by atoms with Crippen molar-refractivity contribution >= 4 is 11.8 Å². The molecule has 0 saturated heterocycles. The van der Waals surface area contributed by atoms with Crippen molar-refractivity contribution in [2.75, 3.05) is 6.26 Å². The van der Waals surface area contributed by atoms with Crippen LogP contribution in [0.15, 0.2) is 17.4 Å². The zero-order chi connectivity index (χ0) is 8.10. The maximum atomic E-state index is 6.63. The Morgan fingerprint density at radius 2 is 2.55 bits per heavy atom. The summed E-state index contributed by atoms with van der Waals surface area (Å²) in [5.74, 6) is 0. The third-order valence-electron chi connectivity index (χ3n) is 1.11. The minimum Gasteiger partial charge on any atom is -0.310 e. The Hall–Kier alpha value is -1.08. The Kier molecular flexibility index (Phi) is 2.87. The van der Waals surface area contributed by atoms with Gasteiger partial charge in [0.1, 0.15) is 5.69 Å². The molecule has 3 nitrogen and oxygen atoms in total. The zero-order valence-electron chi connectivity index (χ0n) is 6.11. The van der Waals surface area contributed by atoms with Crippen molar-refractivity contribution in [3.8, 4) is 0 Å². The summed E-state index contributed by atoms with van der Waals surface area (Å²) >= 11 is 1.48. The summed E-state index contributed by atoms with van der Waals surface area (Å²) < 4.78 is 0. The highest BCUT2D eigenvalue weighted by Gasteiger charge is 1.98. The van der Waals surface area contributed by atoms with Crippen LogP contribution in [-0.4, -0.2) is 16.2 Å². The zero-order valence-corrected chi connectivity index (χ0v) is 6.93. The van der Waals surface area contributed by atoms with Gasteiger partial charge in [-0.3, -0.25) is 0 Å². The quantitative estimate of drug-likeness (QED) is 0.379. The normalized spacial score (nSPS) is 9.09. The Morgan fingerprint density at radius 1 is 1.73 bits per heavy atom. The van der Waals surface area contributed by atoms with Crippen LogP contribution >= 0.6 is 11.8 Å². The van der Waals surface area contributed by atoms with Gasteiger partial charge in [-0.05, 0) is 12.3 Å². The molecule has 0 aliphatic rings. The van der Waals surface area contributed by atoms with E-state index in [4.69, 9.17) is 6.57 Å². The molecule has 0 bridgehead atoms. The first kappa shape index (κ1) is 8.02. The number of thioether (sulfide) groups is 1. The van der Waals surface area contributed by atoms with Crippen LogP contribution in [0.25, 0.3) is 4.85 Å². The predicted octanol–water partition coefficient (Wildman–Crippen LogP) is 1.62. The predicted molar refractivity (Wildman–Crippen MR) is 44.1 cm³/mol. The molecule has 1 heterocycles. The van der Waals surface area contributed by atoms with E-state index in [1.54, 1.807) is 12.3 Å². The van der Waals surface area contributed by atoms with Crippen LogP contribution in [0.1, 0.15) is 5.69 Å². The van der Waals surface area contributed by atoms with E-state index in [0.29, 0.717) is 6.54 Å². The van der Waals surface area contributed by atoms with Crippen LogP contribution in [0.5, 0.6) is 0 Å². The number of rotatable bonds is 2. The SMILES string of the molecule is [C-]#[N+]Cc1ccnc(SC)n1. The average Bonchev–Trinajstić information content (AvgIpc) is 2.06. The first-order valence-corrected chi connectivity index (χ1v) is 4.28. The molecular formula is C7H7N3S. The van der Waals surface area contributed by atoms with Gasteiger partial charge in [-0.2, -0.15) is 0 Å². The van der Waals surface area contributed by atoms with E-state index in [9.17, 15) is 0 Å². The van der Waals surface area contributed by atoms with Gasteiger partial charge in [-0.15, -0.1) is 0 Å². The highest BCUT2D eigenvalue weighted by atomic mass is 32.2. The molecular weight excluding hydrogens is 158 g/mol. The lowest BCUT2D eigenvalue weighted by Gasteiger charge is -1.93. The second-order valence-electron chi connectivity index (χ2n) is 1.85. The highest BCUT2D eigenvalue weighted by molar-refractivity contribution is 7.98. The number of aromatic nitrogens is 2. The second kappa shape index (κ2) is 3.94. The molecule has 0 amide bonds. The third kappa shape index (κ3) is 2.20. The van der Waals surface area contributed by atoms with Gasteiger partial charge in [-0.1, -0.05) is 11.8 Å². The van der Waals surface area contributed by atoms with E-state index in [-0.39, 0.29) is 0 Å². The minimum atomic E-state index is 0.343. The Balaban J connectivity index is 2.84. The van der Waals surface area contributed by atoms with Crippen LogP contribution in [0.3, 0.4) is 0 Å². The van der Waals surface area contributed by atoms with Crippen molar-refractivity contribution in [2.24, 2.45) is 0 Å². The lowest BCUT2D eigenvalue weighted by Crippen LogP contribution is -1.90. The molecule has 0 radical (unpaired) electrons. The summed E-state index contributed by atoms with van der Waals surface area (Å²) in [5.41, 5.74) is 0.791. The molecule has 11 heavy (non-hydrogen) atoms. The minimum absolute atomic E-state index is 0.343. The molecule has 0 unspecified atom stereocenters. The maximum Gasteiger partial charge on any atom is 0.256 e. The van der Waals surface area contributed by atoms with Crippen molar-refractivity contribution < 1.29 is 0 Å². The lowest BCUT2D eigenvalue weighted by atomic mass is 10.4. The first-order valence-electron chi connectivity index (χ1n) is 3.06. The van der Waals surface area contributed by atoms with Gasteiger partial charge in [0, 0.05) is 6.20 Å². The number of nitrogens with zero attached hydrogens (tertiary/aromatic N) is 3. The van der Waals surface area contributed by atoms with Gasteiger partial charge in [0.2, 0.25) is 0 Å². The number of hydrogen-bond acceptors (Lipinski definition) is 3. The summed E-state index contributed by atoms with van der Waals surface area (Å²) in [4.78, 5) is 11.3. The van der Waals surface area contributed by atoms with Gasteiger partial charge in [0.25, 0.3) is 6.54 Å². The summed E-state index contributed by atoms with van der Waals surface area (Å²) in [6.07, 6.45) is 3.59. The maximum absolute atomic E-state index is 6.63. The number of hydrogen-bond donors (Lipinski definition) is 0. The molecule has 1 rings (SSSR count). The highest BCUT2D eigenvalue weighted by Crippen LogP contribution is 2.07. The fourth-order valence-electron chi connectivity index (χ4n) is 0.643. The molecule has 0 aliphatic heterocycles. The van der Waals surface area contributed by atoms with Crippen LogP contribution in [0.2, 0.25) is 0 Å². The molecule has 4 heteroatoms. The molecule has 0 spiro atoms. The van der Waals surface area contributed by atoms with Crippen LogP contribution in [0, 0.1) is 6.57 Å². The van der Waals surface area contributed by atoms with Gasteiger partial charge in [0.15, 0.2) is 5.16 Å². The van der Waals surface area contributed by atoms with Crippen LogP contribution < -0.4 is 0 Å². The lowest BCUT2D eigenvalue weighted by molar-refractivity contribution is 0.911. The fourth-order valence-corrected chi connectivity index (χ4v) is 1.02. The van der Waals surface area contributed by atoms with E-state index >= 15 is 0 Å². The summed E-state index contributed by atoms with van der Waals surface area (Å²) in [6.45, 7) is 6.97. The molecule has 0 fully saturated rings. The molecule has 0 saturated carbocycles. The largest absolute Gasteiger partial charge is 0.310 e. The molecule has 56 valence electrons. The standard InChI is InChI=1S/C7H7N3S/c1-8-5-6-3-4-9-7(10-6)11-2/h3-4H,5H2,2H3. The molecule has 0 aromatic carbocycles. The Morgan fingerprint density at radius 3 is 3.18 bits per heavy atom. The van der Waals surface area contributed by atoms with Gasteiger partial charge in [-0.25, -0.2) is 16.5 Å². The fraction of sp³-hybridized carbons (Fsp3) is 0.286. The third-order valence-corrected chi connectivity index (χ3v) is 1.68. The van der Waals surface area contributed by atoms with E-state index in [1.165, 1.54) is 11.8 Å².